The van der Waals surface area contributed by atoms with E-state index in [-0.39, 0.29) is 0 Å². The average Bonchev–Trinajstić information content (AvgIpc) is 2.29. The molecule has 1 heterocycles. The van der Waals surface area contributed by atoms with E-state index in [2.05, 4.69) is 50.1 Å². The third-order valence-corrected chi connectivity index (χ3v) is 2.53. The highest BCUT2D eigenvalue weighted by molar-refractivity contribution is 6.08. The van der Waals surface area contributed by atoms with Gasteiger partial charge >= 0.3 is 0 Å². The molecule has 0 aromatic heterocycles. The van der Waals surface area contributed by atoms with Gasteiger partial charge in [-0.25, -0.2) is 0 Å². The molecule has 0 radical (unpaired) electrons. The fourth-order valence-corrected chi connectivity index (χ4v) is 1.68. The Hall–Kier alpha value is -1.11. The van der Waals surface area contributed by atoms with Crippen LogP contribution < -0.4 is 0 Å². The monoisotopic (exact) mass is 203 g/mol. The zero-order valence-electron chi connectivity index (χ0n) is 10.1. The van der Waals surface area contributed by atoms with Crippen LogP contribution in [0.1, 0.15) is 40.0 Å². The van der Waals surface area contributed by atoms with Crippen LogP contribution in [0.25, 0.3) is 0 Å². The van der Waals surface area contributed by atoms with Crippen molar-refractivity contribution in [2.45, 2.75) is 40.0 Å². The maximum atomic E-state index is 4.51. The van der Waals surface area contributed by atoms with E-state index in [0.29, 0.717) is 0 Å². The maximum absolute atomic E-state index is 4.51. The first-order valence-corrected chi connectivity index (χ1v) is 5.86. The molecule has 1 aliphatic rings. The first kappa shape index (κ1) is 12.0. The van der Waals surface area contributed by atoms with Crippen LogP contribution in [0.3, 0.4) is 0 Å². The molecule has 1 heteroatoms. The number of dihydropyridines is 1. The van der Waals surface area contributed by atoms with Crippen LogP contribution in [-0.4, -0.2) is 12.3 Å². The van der Waals surface area contributed by atoms with Crippen LogP contribution in [0.4, 0.5) is 0 Å². The van der Waals surface area contributed by atoms with Crippen molar-refractivity contribution in [1.29, 1.82) is 0 Å². The molecule has 82 valence electrons. The molecule has 0 saturated heterocycles. The molecule has 0 unspecified atom stereocenters. The third kappa shape index (κ3) is 3.86. The standard InChI is InChI=1S/C14H21N/c1-4-8-13(5-2)11-12(3)14-9-6-7-10-15-14/h6,8-9,11H,4-5,7,10H2,1-3H3/b12-11+,13-8-. The Kier molecular flexibility index (Phi) is 5.09. The lowest BCUT2D eigenvalue weighted by atomic mass is 10.0. The Morgan fingerprint density at radius 2 is 2.27 bits per heavy atom. The number of allylic oxidation sites excluding steroid dienone is 5. The van der Waals surface area contributed by atoms with Gasteiger partial charge in [-0.3, -0.25) is 4.99 Å². The normalized spacial score (nSPS) is 17.9. The highest BCUT2D eigenvalue weighted by atomic mass is 14.7. The molecular weight excluding hydrogens is 182 g/mol. The predicted molar refractivity (Wildman–Crippen MR) is 68.5 cm³/mol. The minimum Gasteiger partial charge on any atom is -0.285 e. The summed E-state index contributed by atoms with van der Waals surface area (Å²) in [5.41, 5.74) is 3.85. The van der Waals surface area contributed by atoms with Gasteiger partial charge in [-0.05, 0) is 37.8 Å². The number of nitrogens with zero attached hydrogens (tertiary/aromatic N) is 1. The second-order valence-electron chi connectivity index (χ2n) is 3.83. The van der Waals surface area contributed by atoms with Crippen molar-refractivity contribution in [3.05, 3.63) is 35.5 Å². The van der Waals surface area contributed by atoms with Gasteiger partial charge in [-0.2, -0.15) is 0 Å². The SMILES string of the molecule is CC/C=C(\C=C(/C)C1=NCCC=C1)CC. The van der Waals surface area contributed by atoms with Crippen LogP contribution >= 0.6 is 0 Å². The lowest BCUT2D eigenvalue weighted by molar-refractivity contribution is 0.992. The molecule has 0 fully saturated rings. The van der Waals surface area contributed by atoms with Crippen molar-refractivity contribution in [1.82, 2.24) is 0 Å². The minimum atomic E-state index is 0.940. The van der Waals surface area contributed by atoms with Gasteiger partial charge in [0.25, 0.3) is 0 Å². The van der Waals surface area contributed by atoms with Gasteiger partial charge in [0.05, 0.1) is 5.71 Å². The summed E-state index contributed by atoms with van der Waals surface area (Å²) in [4.78, 5) is 4.51. The Morgan fingerprint density at radius 1 is 1.47 bits per heavy atom. The predicted octanol–water partition coefficient (Wildman–Crippen LogP) is 4.08. The number of rotatable bonds is 4. The summed E-state index contributed by atoms with van der Waals surface area (Å²) < 4.78 is 0. The molecule has 1 aliphatic heterocycles. The van der Waals surface area contributed by atoms with Gasteiger partial charge in [0.2, 0.25) is 0 Å². The Bertz CT molecular complexity index is 316. The first-order valence-electron chi connectivity index (χ1n) is 5.86. The molecule has 1 rings (SSSR count). The Labute approximate surface area is 93.3 Å². The molecule has 0 amide bonds. The Morgan fingerprint density at radius 3 is 2.80 bits per heavy atom. The van der Waals surface area contributed by atoms with Crippen molar-refractivity contribution in [3.8, 4) is 0 Å². The lowest BCUT2D eigenvalue weighted by Gasteiger charge is -2.07. The second-order valence-corrected chi connectivity index (χ2v) is 3.83. The van der Waals surface area contributed by atoms with Gasteiger partial charge in [0.1, 0.15) is 0 Å². The highest BCUT2D eigenvalue weighted by Gasteiger charge is 2.01. The average molecular weight is 203 g/mol. The van der Waals surface area contributed by atoms with Crippen molar-refractivity contribution >= 4 is 5.71 Å². The first-order chi connectivity index (χ1) is 7.27. The van der Waals surface area contributed by atoms with Gasteiger partial charge in [-0.1, -0.05) is 37.6 Å². The van der Waals surface area contributed by atoms with Crippen LogP contribution in [0.5, 0.6) is 0 Å². The number of hydrogen-bond acceptors (Lipinski definition) is 1. The summed E-state index contributed by atoms with van der Waals surface area (Å²) in [5.74, 6) is 0. The summed E-state index contributed by atoms with van der Waals surface area (Å²) in [7, 11) is 0. The molecule has 0 aromatic rings. The van der Waals surface area contributed by atoms with Crippen molar-refractivity contribution < 1.29 is 0 Å². The van der Waals surface area contributed by atoms with E-state index in [1.807, 2.05) is 0 Å². The van der Waals surface area contributed by atoms with E-state index in [4.69, 9.17) is 0 Å². The summed E-state index contributed by atoms with van der Waals surface area (Å²) in [6, 6.07) is 0. The fraction of sp³-hybridized carbons (Fsp3) is 0.500. The van der Waals surface area contributed by atoms with Crippen LogP contribution in [0.15, 0.2) is 40.4 Å². The molecule has 0 atom stereocenters. The zero-order valence-corrected chi connectivity index (χ0v) is 10.1. The van der Waals surface area contributed by atoms with Crippen LogP contribution in [0.2, 0.25) is 0 Å². The van der Waals surface area contributed by atoms with E-state index in [9.17, 15) is 0 Å². The smallest absolute Gasteiger partial charge is 0.0600 e. The van der Waals surface area contributed by atoms with Gasteiger partial charge in [0.15, 0.2) is 0 Å². The van der Waals surface area contributed by atoms with Crippen LogP contribution in [0, 0.1) is 0 Å². The maximum Gasteiger partial charge on any atom is 0.0600 e. The van der Waals surface area contributed by atoms with Crippen molar-refractivity contribution in [3.63, 3.8) is 0 Å². The quantitative estimate of drug-likeness (QED) is 0.610. The molecule has 1 nitrogen and oxygen atoms in total. The summed E-state index contributed by atoms with van der Waals surface area (Å²) >= 11 is 0. The molecule has 0 N–H and O–H groups in total. The van der Waals surface area contributed by atoms with E-state index < -0.39 is 0 Å². The van der Waals surface area contributed by atoms with E-state index in [1.54, 1.807) is 0 Å². The molecule has 0 aliphatic carbocycles. The largest absolute Gasteiger partial charge is 0.285 e. The number of hydrogen-bond donors (Lipinski definition) is 0. The van der Waals surface area contributed by atoms with Crippen molar-refractivity contribution in [2.75, 3.05) is 6.54 Å². The molecule has 0 saturated carbocycles. The molecule has 0 bridgehead atoms. The van der Waals surface area contributed by atoms with E-state index >= 15 is 0 Å². The summed E-state index contributed by atoms with van der Waals surface area (Å²) in [5, 5.41) is 0. The molecular formula is C14H21N. The second kappa shape index (κ2) is 6.39. The van der Waals surface area contributed by atoms with Crippen LogP contribution in [-0.2, 0) is 0 Å². The van der Waals surface area contributed by atoms with Gasteiger partial charge in [0, 0.05) is 6.54 Å². The minimum absolute atomic E-state index is 0.940. The van der Waals surface area contributed by atoms with Gasteiger partial charge in [-0.15, -0.1) is 0 Å². The zero-order chi connectivity index (χ0) is 11.1. The van der Waals surface area contributed by atoms with E-state index in [1.165, 1.54) is 11.1 Å². The summed E-state index contributed by atoms with van der Waals surface area (Å²) in [6.45, 7) is 7.46. The van der Waals surface area contributed by atoms with E-state index in [0.717, 1.165) is 31.5 Å². The third-order valence-electron chi connectivity index (χ3n) is 2.53. The lowest BCUT2D eigenvalue weighted by Crippen LogP contribution is -2.02. The molecule has 0 spiro atoms. The molecule has 0 aromatic carbocycles. The Balaban J connectivity index is 2.77. The van der Waals surface area contributed by atoms with Gasteiger partial charge < -0.3 is 0 Å². The topological polar surface area (TPSA) is 12.4 Å². The summed E-state index contributed by atoms with van der Waals surface area (Å²) in [6.07, 6.45) is 12.2. The molecule has 15 heavy (non-hydrogen) atoms. The fourth-order valence-electron chi connectivity index (χ4n) is 1.68. The van der Waals surface area contributed by atoms with Crippen molar-refractivity contribution in [2.24, 2.45) is 4.99 Å². The number of aliphatic imine (C=N–C) groups is 1. The highest BCUT2D eigenvalue weighted by Crippen LogP contribution is 2.11.